The number of carbonyl (C=O) groups is 6. The van der Waals surface area contributed by atoms with Crippen LogP contribution in [0, 0.1) is 0 Å². The average molecular weight is 498 g/mol. The third-order valence-corrected chi connectivity index (χ3v) is 6.82. The Hall–Kier alpha value is -3.93. The number of thiazole rings is 1. The van der Waals surface area contributed by atoms with E-state index in [0.717, 1.165) is 21.8 Å². The van der Waals surface area contributed by atoms with Gasteiger partial charge in [0.25, 0.3) is 11.8 Å². The van der Waals surface area contributed by atoms with Crippen LogP contribution in [0.25, 0.3) is 0 Å². The standard InChI is InChI=1S/C23H23N5O6S/c1-2-13-11-25-23(35-13)27-20(32)19(31)24-9-3-4-12-5-6-14-15(10-12)22(34)28(21(14)33)16-7-8-17(29)26-18(16)30/h5-6,10-11,16H,2-4,7-9H2,1H3,(H,24,31)(H,25,27,32)(H,26,29,30). The van der Waals surface area contributed by atoms with E-state index >= 15 is 0 Å². The molecule has 3 N–H and O–H groups in total. The second-order valence-electron chi connectivity index (χ2n) is 8.13. The van der Waals surface area contributed by atoms with Crippen LogP contribution in [0.2, 0.25) is 0 Å². The summed E-state index contributed by atoms with van der Waals surface area (Å²) in [6.07, 6.45) is 3.57. The second-order valence-corrected chi connectivity index (χ2v) is 9.24. The fraction of sp³-hybridized carbons (Fsp3) is 0.348. The quantitative estimate of drug-likeness (QED) is 0.290. The minimum absolute atomic E-state index is 0.0580. The van der Waals surface area contributed by atoms with Gasteiger partial charge >= 0.3 is 11.8 Å². The number of aryl methyl sites for hydroxylation is 2. The molecule has 1 atom stereocenters. The number of rotatable bonds is 7. The van der Waals surface area contributed by atoms with Gasteiger partial charge in [-0.3, -0.25) is 44.3 Å². The van der Waals surface area contributed by atoms with E-state index in [1.165, 1.54) is 11.3 Å². The van der Waals surface area contributed by atoms with E-state index in [-0.39, 0.29) is 30.5 Å². The van der Waals surface area contributed by atoms with Crippen molar-refractivity contribution < 1.29 is 28.8 Å². The number of hydrogen-bond acceptors (Lipinski definition) is 8. The van der Waals surface area contributed by atoms with Crippen LogP contribution in [0.15, 0.2) is 24.4 Å². The van der Waals surface area contributed by atoms with Gasteiger partial charge in [0.1, 0.15) is 6.04 Å². The van der Waals surface area contributed by atoms with Crippen molar-refractivity contribution in [1.29, 1.82) is 0 Å². The average Bonchev–Trinajstić information content (AvgIpc) is 3.39. The largest absolute Gasteiger partial charge is 0.348 e. The molecule has 0 saturated carbocycles. The van der Waals surface area contributed by atoms with Crippen molar-refractivity contribution >= 4 is 51.9 Å². The molecule has 1 unspecified atom stereocenters. The summed E-state index contributed by atoms with van der Waals surface area (Å²) in [6, 6.07) is 3.84. The lowest BCUT2D eigenvalue weighted by Crippen LogP contribution is -2.54. The van der Waals surface area contributed by atoms with Gasteiger partial charge in [-0.1, -0.05) is 13.0 Å². The number of nitrogens with one attached hydrogen (secondary N) is 3. The zero-order chi connectivity index (χ0) is 25.1. The Morgan fingerprint density at radius 2 is 1.91 bits per heavy atom. The SMILES string of the molecule is CCc1cnc(NC(=O)C(=O)NCCCc2ccc3c(c2)C(=O)N(C2CCC(=O)NC2=O)C3=O)s1. The molecule has 6 amide bonds. The van der Waals surface area contributed by atoms with Gasteiger partial charge in [-0.25, -0.2) is 4.98 Å². The maximum absolute atomic E-state index is 12.9. The minimum atomic E-state index is -1.01. The molecule has 2 aromatic rings. The summed E-state index contributed by atoms with van der Waals surface area (Å²) in [5.41, 5.74) is 1.18. The van der Waals surface area contributed by atoms with E-state index in [9.17, 15) is 28.8 Å². The molecule has 0 aliphatic carbocycles. The molecule has 12 heteroatoms. The molecule has 35 heavy (non-hydrogen) atoms. The number of aromatic nitrogens is 1. The van der Waals surface area contributed by atoms with Gasteiger partial charge < -0.3 is 5.32 Å². The fourth-order valence-corrected chi connectivity index (χ4v) is 4.68. The first-order valence-electron chi connectivity index (χ1n) is 11.2. The highest BCUT2D eigenvalue weighted by Crippen LogP contribution is 2.28. The predicted octanol–water partition coefficient (Wildman–Crippen LogP) is 0.794. The number of anilines is 1. The summed E-state index contributed by atoms with van der Waals surface area (Å²) < 4.78 is 0. The molecule has 1 aromatic heterocycles. The molecular weight excluding hydrogens is 474 g/mol. The number of nitrogens with zero attached hydrogens (tertiary/aromatic N) is 2. The predicted molar refractivity (Wildman–Crippen MR) is 125 cm³/mol. The maximum Gasteiger partial charge on any atom is 0.315 e. The number of hydrogen-bond donors (Lipinski definition) is 3. The van der Waals surface area contributed by atoms with E-state index in [1.54, 1.807) is 24.4 Å². The number of amides is 6. The minimum Gasteiger partial charge on any atom is -0.348 e. The molecule has 2 aliphatic heterocycles. The maximum atomic E-state index is 12.9. The van der Waals surface area contributed by atoms with Crippen LogP contribution in [-0.4, -0.2) is 57.9 Å². The van der Waals surface area contributed by atoms with E-state index in [4.69, 9.17) is 0 Å². The Balaban J connectivity index is 1.29. The van der Waals surface area contributed by atoms with E-state index in [0.29, 0.717) is 18.0 Å². The highest BCUT2D eigenvalue weighted by atomic mass is 32.1. The molecule has 1 aromatic carbocycles. The van der Waals surface area contributed by atoms with Crippen molar-refractivity contribution in [3.63, 3.8) is 0 Å². The van der Waals surface area contributed by atoms with Crippen molar-refractivity contribution in [2.24, 2.45) is 0 Å². The zero-order valence-corrected chi connectivity index (χ0v) is 19.7. The van der Waals surface area contributed by atoms with E-state index in [2.05, 4.69) is 20.9 Å². The van der Waals surface area contributed by atoms with Crippen LogP contribution in [0.1, 0.15) is 57.3 Å². The van der Waals surface area contributed by atoms with E-state index < -0.39 is 41.5 Å². The molecule has 182 valence electrons. The van der Waals surface area contributed by atoms with Crippen LogP contribution in [0.4, 0.5) is 5.13 Å². The summed E-state index contributed by atoms with van der Waals surface area (Å²) in [6.45, 7) is 2.20. The van der Waals surface area contributed by atoms with Gasteiger partial charge in [0.2, 0.25) is 11.8 Å². The third kappa shape index (κ3) is 5.11. The fourth-order valence-electron chi connectivity index (χ4n) is 3.93. The first-order chi connectivity index (χ1) is 16.8. The van der Waals surface area contributed by atoms with Gasteiger partial charge in [-0.15, -0.1) is 11.3 Å². The molecule has 2 aliphatic rings. The molecule has 11 nitrogen and oxygen atoms in total. The Morgan fingerprint density at radius 1 is 1.14 bits per heavy atom. The molecule has 3 heterocycles. The highest BCUT2D eigenvalue weighted by Gasteiger charge is 2.44. The Bertz CT molecular complexity index is 1240. The van der Waals surface area contributed by atoms with Crippen molar-refractivity contribution in [2.45, 2.75) is 45.1 Å². The number of benzene rings is 1. The van der Waals surface area contributed by atoms with Gasteiger partial charge in [0.15, 0.2) is 5.13 Å². The van der Waals surface area contributed by atoms with E-state index in [1.807, 2.05) is 6.92 Å². The molecule has 0 bridgehead atoms. The normalized spacial score (nSPS) is 17.3. The second kappa shape index (κ2) is 10.1. The van der Waals surface area contributed by atoms with Crippen LogP contribution in [-0.2, 0) is 32.0 Å². The molecule has 1 saturated heterocycles. The molecule has 0 spiro atoms. The summed E-state index contributed by atoms with van der Waals surface area (Å²) in [4.78, 5) is 79.1. The molecule has 1 fully saturated rings. The lowest BCUT2D eigenvalue weighted by molar-refractivity contribution is -0.136. The summed E-state index contributed by atoms with van der Waals surface area (Å²) in [5, 5.41) is 7.54. The van der Waals surface area contributed by atoms with Crippen molar-refractivity contribution in [3.05, 3.63) is 46.0 Å². The topological polar surface area (TPSA) is 155 Å². The zero-order valence-electron chi connectivity index (χ0n) is 18.9. The summed E-state index contributed by atoms with van der Waals surface area (Å²) in [7, 11) is 0. The smallest absolute Gasteiger partial charge is 0.315 e. The lowest BCUT2D eigenvalue weighted by atomic mass is 10.0. The monoisotopic (exact) mass is 497 g/mol. The van der Waals surface area contributed by atoms with Crippen molar-refractivity contribution in [1.82, 2.24) is 20.5 Å². The molecular formula is C23H23N5O6S. The lowest BCUT2D eigenvalue weighted by Gasteiger charge is -2.27. The molecule has 0 radical (unpaired) electrons. The number of carbonyl (C=O) groups excluding carboxylic acids is 6. The van der Waals surface area contributed by atoms with Crippen LogP contribution < -0.4 is 16.0 Å². The Kier molecular flexibility index (Phi) is 7.01. The third-order valence-electron chi connectivity index (χ3n) is 5.76. The first-order valence-corrected chi connectivity index (χ1v) is 12.0. The van der Waals surface area contributed by atoms with Crippen molar-refractivity contribution in [2.75, 3.05) is 11.9 Å². The molecule has 4 rings (SSSR count). The van der Waals surface area contributed by atoms with Crippen LogP contribution >= 0.6 is 11.3 Å². The van der Waals surface area contributed by atoms with Gasteiger partial charge in [0.05, 0.1) is 11.1 Å². The Morgan fingerprint density at radius 3 is 2.63 bits per heavy atom. The van der Waals surface area contributed by atoms with Gasteiger partial charge in [0, 0.05) is 24.0 Å². The highest BCUT2D eigenvalue weighted by molar-refractivity contribution is 7.15. The Labute approximate surface area is 204 Å². The van der Waals surface area contributed by atoms with Gasteiger partial charge in [-0.2, -0.15) is 0 Å². The number of imide groups is 2. The van der Waals surface area contributed by atoms with Crippen molar-refractivity contribution in [3.8, 4) is 0 Å². The number of piperidine rings is 1. The van der Waals surface area contributed by atoms with Crippen LogP contribution in [0.5, 0.6) is 0 Å². The summed E-state index contributed by atoms with van der Waals surface area (Å²) >= 11 is 1.31. The summed E-state index contributed by atoms with van der Waals surface area (Å²) in [5.74, 6) is -3.78. The first kappa shape index (κ1) is 24.2. The van der Waals surface area contributed by atoms with Crippen LogP contribution in [0.3, 0.4) is 0 Å². The van der Waals surface area contributed by atoms with Gasteiger partial charge in [-0.05, 0) is 43.4 Å². The number of fused-ring (bicyclic) bond motifs is 1.